The maximum Gasteiger partial charge on any atom is 0.300 e. The van der Waals surface area contributed by atoms with Crippen molar-refractivity contribution in [1.29, 1.82) is 0 Å². The van der Waals surface area contributed by atoms with Crippen LogP contribution >= 0.6 is 0 Å². The normalized spacial score (nSPS) is 9.50. The van der Waals surface area contributed by atoms with Crippen molar-refractivity contribution in [2.24, 2.45) is 0 Å². The largest absolute Gasteiger partial charge is 0.508 e. The van der Waals surface area contributed by atoms with Gasteiger partial charge in [-0.25, -0.2) is 0 Å². The molecule has 0 atom stereocenters. The number of carboxylic acids is 2. The molecule has 0 amide bonds. The minimum Gasteiger partial charge on any atom is -0.508 e. The molecule has 0 aliphatic rings. The molecule has 7 nitrogen and oxygen atoms in total. The zero-order valence-corrected chi connectivity index (χ0v) is 14.6. The van der Waals surface area contributed by atoms with Gasteiger partial charge in [-0.3, -0.25) is 9.59 Å². The third-order valence-electron chi connectivity index (χ3n) is 3.14. The summed E-state index contributed by atoms with van der Waals surface area (Å²) in [6.45, 7) is 2.17. The van der Waals surface area contributed by atoms with Crippen LogP contribution in [-0.2, 0) is 9.59 Å². The Kier molecular flexibility index (Phi) is 7.21. The molecule has 4 N–H and O–H groups in total. The van der Waals surface area contributed by atoms with Gasteiger partial charge in [0.2, 0.25) is 0 Å². The Bertz CT molecular complexity index is 912. The quantitative estimate of drug-likeness (QED) is 0.489. The van der Waals surface area contributed by atoms with Crippen LogP contribution in [0.3, 0.4) is 0 Å². The molecule has 0 heterocycles. The van der Waals surface area contributed by atoms with Gasteiger partial charge in [-0.1, -0.05) is 24.3 Å². The van der Waals surface area contributed by atoms with E-state index >= 15 is 0 Å². The van der Waals surface area contributed by atoms with Gasteiger partial charge in [0.25, 0.3) is 11.9 Å². The molecule has 3 aromatic rings. The Hall–Kier alpha value is -3.48. The van der Waals surface area contributed by atoms with Crippen molar-refractivity contribution in [2.75, 3.05) is 7.11 Å². The second-order valence-electron chi connectivity index (χ2n) is 5.22. The summed E-state index contributed by atoms with van der Waals surface area (Å²) in [6.07, 6.45) is 0. The summed E-state index contributed by atoms with van der Waals surface area (Å²) in [6, 6.07) is 12.6. The van der Waals surface area contributed by atoms with Crippen LogP contribution in [0.1, 0.15) is 13.8 Å². The van der Waals surface area contributed by atoms with Crippen LogP contribution in [0.25, 0.3) is 21.5 Å². The van der Waals surface area contributed by atoms with Gasteiger partial charge in [-0.2, -0.15) is 0 Å². The molecule has 0 bridgehead atoms. The van der Waals surface area contributed by atoms with Gasteiger partial charge in [0.15, 0.2) is 11.5 Å². The van der Waals surface area contributed by atoms with Crippen molar-refractivity contribution in [2.45, 2.75) is 13.8 Å². The molecule has 0 saturated heterocycles. The highest BCUT2D eigenvalue weighted by atomic mass is 16.5. The summed E-state index contributed by atoms with van der Waals surface area (Å²) in [5.41, 5.74) is 0. The summed E-state index contributed by atoms with van der Waals surface area (Å²) >= 11 is 0. The van der Waals surface area contributed by atoms with E-state index in [0.717, 1.165) is 30.0 Å². The maximum absolute atomic E-state index is 10.2. The highest BCUT2D eigenvalue weighted by Crippen LogP contribution is 2.39. The first-order chi connectivity index (χ1) is 12.2. The van der Waals surface area contributed by atoms with Crippen LogP contribution in [0.15, 0.2) is 42.5 Å². The highest BCUT2D eigenvalue weighted by molar-refractivity contribution is 6.11. The molecule has 0 fully saturated rings. The molecule has 7 heteroatoms. The summed E-state index contributed by atoms with van der Waals surface area (Å²) < 4.78 is 5.12. The molecule has 0 saturated carbocycles. The third-order valence-corrected chi connectivity index (χ3v) is 3.14. The average Bonchev–Trinajstić information content (AvgIpc) is 2.53. The van der Waals surface area contributed by atoms with Crippen LogP contribution < -0.4 is 4.74 Å². The molecule has 0 aliphatic carbocycles. The molecule has 0 spiro atoms. The second-order valence-corrected chi connectivity index (χ2v) is 5.22. The van der Waals surface area contributed by atoms with E-state index in [2.05, 4.69) is 0 Å². The van der Waals surface area contributed by atoms with E-state index in [4.69, 9.17) is 24.5 Å². The Labute approximate surface area is 149 Å². The average molecular weight is 360 g/mol. The van der Waals surface area contributed by atoms with Crippen LogP contribution in [0, 0.1) is 0 Å². The van der Waals surface area contributed by atoms with Crippen molar-refractivity contribution >= 4 is 33.5 Å². The van der Waals surface area contributed by atoms with Gasteiger partial charge in [0, 0.05) is 19.2 Å². The lowest BCUT2D eigenvalue weighted by atomic mass is 10.0. The number of ether oxygens (including phenoxy) is 1. The van der Waals surface area contributed by atoms with Crippen molar-refractivity contribution in [3.63, 3.8) is 0 Å². The number of aromatic hydroxyl groups is 2. The fourth-order valence-electron chi connectivity index (χ4n) is 2.26. The molecule has 0 aliphatic heterocycles. The molecular weight excluding hydrogens is 340 g/mol. The fourth-order valence-corrected chi connectivity index (χ4v) is 2.26. The van der Waals surface area contributed by atoms with Gasteiger partial charge < -0.3 is 25.2 Å². The number of aliphatic carboxylic acids is 2. The van der Waals surface area contributed by atoms with Gasteiger partial charge in [0.1, 0.15) is 5.75 Å². The number of fused-ring (bicyclic) bond motifs is 3. The standard InChI is InChI=1S/C15H12O3.2C2H4O2/c1-18-13-7-5-10-3-2-9-4-6-11(16)8-12(9)14(10)15(13)17;2*1-2(3)4/h2-8,16-17H,1H3;2*1H3,(H,3,4). The number of methoxy groups -OCH3 is 1. The van der Waals surface area contributed by atoms with Crippen molar-refractivity contribution in [3.05, 3.63) is 42.5 Å². The van der Waals surface area contributed by atoms with E-state index in [-0.39, 0.29) is 11.5 Å². The lowest BCUT2D eigenvalue weighted by Gasteiger charge is -2.09. The molecule has 0 unspecified atom stereocenters. The van der Waals surface area contributed by atoms with Crippen LogP contribution in [0.2, 0.25) is 0 Å². The number of carbonyl (C=O) groups is 2. The third kappa shape index (κ3) is 5.55. The van der Waals surface area contributed by atoms with Crippen molar-refractivity contribution in [1.82, 2.24) is 0 Å². The Morgan fingerprint density at radius 1 is 0.846 bits per heavy atom. The summed E-state index contributed by atoms with van der Waals surface area (Å²) in [7, 11) is 1.52. The number of hydrogen-bond acceptors (Lipinski definition) is 5. The topological polar surface area (TPSA) is 124 Å². The first-order valence-electron chi connectivity index (χ1n) is 7.47. The van der Waals surface area contributed by atoms with Crippen molar-refractivity contribution in [3.8, 4) is 17.2 Å². The molecule has 0 radical (unpaired) electrons. The molecule has 138 valence electrons. The van der Waals surface area contributed by atoms with Crippen molar-refractivity contribution < 1.29 is 34.8 Å². The van der Waals surface area contributed by atoms with Gasteiger partial charge in [-0.15, -0.1) is 0 Å². The molecular formula is C19H20O7. The number of phenolic OH excluding ortho intramolecular Hbond substituents is 2. The minimum absolute atomic E-state index is 0.103. The van der Waals surface area contributed by atoms with Gasteiger partial charge in [-0.05, 0) is 34.4 Å². The second kappa shape index (κ2) is 9.12. The SMILES string of the molecule is CC(=O)O.CC(=O)O.COc1ccc2ccc3ccc(O)cc3c2c1O. The van der Waals surface area contributed by atoms with Gasteiger partial charge >= 0.3 is 0 Å². The predicted molar refractivity (Wildman–Crippen MR) is 98.0 cm³/mol. The number of benzene rings is 3. The molecule has 0 aromatic heterocycles. The lowest BCUT2D eigenvalue weighted by molar-refractivity contribution is -0.135. The Morgan fingerprint density at radius 3 is 1.85 bits per heavy atom. The maximum atomic E-state index is 10.2. The summed E-state index contributed by atoms with van der Waals surface area (Å²) in [4.78, 5) is 18.0. The summed E-state index contributed by atoms with van der Waals surface area (Å²) in [5.74, 6) is -0.957. The number of carboxylic acid groups (broad SMARTS) is 2. The number of hydrogen-bond donors (Lipinski definition) is 4. The first kappa shape index (κ1) is 20.6. The Morgan fingerprint density at radius 2 is 1.31 bits per heavy atom. The van der Waals surface area contributed by atoms with Crippen LogP contribution in [-0.4, -0.2) is 39.5 Å². The fraction of sp³-hybridized carbons (Fsp3) is 0.158. The Balaban J connectivity index is 0.000000360. The predicted octanol–water partition coefficient (Wildman–Crippen LogP) is 3.59. The smallest absolute Gasteiger partial charge is 0.300 e. The summed E-state index contributed by atoms with van der Waals surface area (Å²) in [5, 5.41) is 38.0. The van der Waals surface area contributed by atoms with E-state index in [1.165, 1.54) is 7.11 Å². The highest BCUT2D eigenvalue weighted by Gasteiger charge is 2.10. The van der Waals surface area contributed by atoms with Gasteiger partial charge in [0.05, 0.1) is 7.11 Å². The zero-order valence-electron chi connectivity index (χ0n) is 14.6. The monoisotopic (exact) mass is 360 g/mol. The van der Waals surface area contributed by atoms with Crippen LogP contribution in [0.4, 0.5) is 0 Å². The van der Waals surface area contributed by atoms with E-state index in [1.807, 2.05) is 24.3 Å². The van der Waals surface area contributed by atoms with E-state index in [0.29, 0.717) is 11.1 Å². The van der Waals surface area contributed by atoms with E-state index in [9.17, 15) is 10.2 Å². The van der Waals surface area contributed by atoms with E-state index < -0.39 is 11.9 Å². The lowest BCUT2D eigenvalue weighted by Crippen LogP contribution is -1.85. The van der Waals surface area contributed by atoms with Crippen LogP contribution in [0.5, 0.6) is 17.2 Å². The first-order valence-corrected chi connectivity index (χ1v) is 7.47. The number of rotatable bonds is 1. The molecule has 3 aromatic carbocycles. The number of phenols is 2. The zero-order chi connectivity index (χ0) is 19.9. The van der Waals surface area contributed by atoms with E-state index in [1.54, 1.807) is 18.2 Å². The molecule has 3 rings (SSSR count). The minimum atomic E-state index is -0.833. The molecule has 26 heavy (non-hydrogen) atoms.